The van der Waals surface area contributed by atoms with Crippen LogP contribution in [0.15, 0.2) is 40.8 Å². The topological polar surface area (TPSA) is 29.3 Å². The summed E-state index contributed by atoms with van der Waals surface area (Å²) in [4.78, 5) is 6.10. The van der Waals surface area contributed by atoms with Gasteiger partial charge in [0.15, 0.2) is 5.58 Å². The first-order valence-electron chi connectivity index (χ1n) is 6.69. The molecule has 2 aromatic carbocycles. The summed E-state index contributed by atoms with van der Waals surface area (Å²) in [6, 6.07) is 8.77. The highest BCUT2D eigenvalue weighted by atomic mass is 35.5. The summed E-state index contributed by atoms with van der Waals surface area (Å²) in [5, 5.41) is 0.381. The zero-order valence-corrected chi connectivity index (χ0v) is 12.6. The Balaban J connectivity index is 1.76. The molecule has 0 bridgehead atoms. The molecular formula is C16H13ClF2N2O. The molecule has 0 aliphatic carbocycles. The zero-order valence-electron chi connectivity index (χ0n) is 11.8. The number of oxazole rings is 1. The number of rotatable bonds is 4. The van der Waals surface area contributed by atoms with E-state index in [9.17, 15) is 8.78 Å². The Kier molecular flexibility index (Phi) is 4.09. The van der Waals surface area contributed by atoms with Gasteiger partial charge in [0.05, 0.1) is 6.54 Å². The highest BCUT2D eigenvalue weighted by Crippen LogP contribution is 2.22. The van der Waals surface area contributed by atoms with Crippen molar-refractivity contribution < 1.29 is 13.2 Å². The van der Waals surface area contributed by atoms with Crippen molar-refractivity contribution >= 4 is 22.7 Å². The summed E-state index contributed by atoms with van der Waals surface area (Å²) >= 11 is 6.01. The summed E-state index contributed by atoms with van der Waals surface area (Å²) < 4.78 is 32.4. The van der Waals surface area contributed by atoms with E-state index in [1.807, 2.05) is 4.90 Å². The van der Waals surface area contributed by atoms with Gasteiger partial charge in [-0.3, -0.25) is 4.90 Å². The smallest absolute Gasteiger partial charge is 0.209 e. The fraction of sp³-hybridized carbons (Fsp3) is 0.188. The predicted octanol–water partition coefficient (Wildman–Crippen LogP) is 4.39. The van der Waals surface area contributed by atoms with Crippen LogP contribution >= 0.6 is 11.6 Å². The number of hydrogen-bond donors (Lipinski definition) is 0. The molecule has 1 aromatic heterocycles. The molecule has 3 aromatic rings. The van der Waals surface area contributed by atoms with Crippen molar-refractivity contribution in [3.8, 4) is 0 Å². The van der Waals surface area contributed by atoms with Gasteiger partial charge < -0.3 is 4.42 Å². The first kappa shape index (κ1) is 14.9. The van der Waals surface area contributed by atoms with Gasteiger partial charge in [-0.15, -0.1) is 0 Å². The average Bonchev–Trinajstić information content (AvgIpc) is 2.84. The molecule has 1 heterocycles. The Labute approximate surface area is 131 Å². The molecule has 0 amide bonds. The van der Waals surface area contributed by atoms with E-state index in [1.54, 1.807) is 25.2 Å². The number of hydrogen-bond acceptors (Lipinski definition) is 3. The maximum Gasteiger partial charge on any atom is 0.209 e. The molecule has 6 heteroatoms. The van der Waals surface area contributed by atoms with Crippen LogP contribution in [0.2, 0.25) is 5.02 Å². The molecule has 22 heavy (non-hydrogen) atoms. The summed E-state index contributed by atoms with van der Waals surface area (Å²) in [6.45, 7) is 0.680. The summed E-state index contributed by atoms with van der Waals surface area (Å²) in [6.07, 6.45) is 0. The van der Waals surface area contributed by atoms with Crippen LogP contribution in [0.4, 0.5) is 8.78 Å². The van der Waals surface area contributed by atoms with E-state index < -0.39 is 0 Å². The molecular weight excluding hydrogens is 310 g/mol. The largest absolute Gasteiger partial charge is 0.439 e. The number of nitrogens with zero attached hydrogens (tertiary/aromatic N) is 2. The van der Waals surface area contributed by atoms with Crippen LogP contribution in [-0.2, 0) is 13.1 Å². The molecule has 3 nitrogen and oxygen atoms in total. The molecule has 0 saturated carbocycles. The van der Waals surface area contributed by atoms with Crippen molar-refractivity contribution in [1.82, 2.24) is 9.88 Å². The van der Waals surface area contributed by atoms with Crippen molar-refractivity contribution in [3.05, 3.63) is 64.5 Å². The van der Waals surface area contributed by atoms with Crippen LogP contribution in [0.3, 0.4) is 0 Å². The second-order valence-electron chi connectivity index (χ2n) is 5.09. The summed E-state index contributed by atoms with van der Waals surface area (Å²) in [5.74, 6) is -0.281. The molecule has 0 saturated heterocycles. The van der Waals surface area contributed by atoms with Crippen LogP contribution in [0.5, 0.6) is 0 Å². The molecule has 0 radical (unpaired) electrons. The first-order chi connectivity index (χ1) is 10.5. The minimum absolute atomic E-state index is 0.318. The van der Waals surface area contributed by atoms with Gasteiger partial charge >= 0.3 is 0 Å². The van der Waals surface area contributed by atoms with Crippen molar-refractivity contribution in [2.45, 2.75) is 13.1 Å². The lowest BCUT2D eigenvalue weighted by Gasteiger charge is -2.15. The van der Waals surface area contributed by atoms with E-state index in [0.29, 0.717) is 40.7 Å². The van der Waals surface area contributed by atoms with Gasteiger partial charge in [0.25, 0.3) is 0 Å². The van der Waals surface area contributed by atoms with Crippen molar-refractivity contribution in [1.29, 1.82) is 0 Å². The van der Waals surface area contributed by atoms with Crippen molar-refractivity contribution in [2.75, 3.05) is 7.05 Å². The third-order valence-corrected chi connectivity index (χ3v) is 3.64. The molecule has 0 spiro atoms. The second kappa shape index (κ2) is 6.02. The highest BCUT2D eigenvalue weighted by molar-refractivity contribution is 6.31. The molecule has 0 N–H and O–H groups in total. The quantitative estimate of drug-likeness (QED) is 0.713. The minimum atomic E-state index is -0.373. The lowest BCUT2D eigenvalue weighted by Crippen LogP contribution is -2.18. The van der Waals surface area contributed by atoms with Crippen LogP contribution in [-0.4, -0.2) is 16.9 Å². The maximum absolute atomic E-state index is 13.8. The number of halogens is 3. The fourth-order valence-corrected chi connectivity index (χ4v) is 2.48. The van der Waals surface area contributed by atoms with Crippen molar-refractivity contribution in [2.24, 2.45) is 0 Å². The lowest BCUT2D eigenvalue weighted by molar-refractivity contribution is 0.281. The predicted molar refractivity (Wildman–Crippen MR) is 80.5 cm³/mol. The van der Waals surface area contributed by atoms with E-state index in [2.05, 4.69) is 4.98 Å². The van der Waals surface area contributed by atoms with Crippen molar-refractivity contribution in [3.63, 3.8) is 0 Å². The number of aromatic nitrogens is 1. The number of benzene rings is 2. The molecule has 0 aliphatic rings. The Morgan fingerprint density at radius 1 is 1.18 bits per heavy atom. The van der Waals surface area contributed by atoms with E-state index in [1.165, 1.54) is 18.2 Å². The lowest BCUT2D eigenvalue weighted by atomic mass is 10.2. The van der Waals surface area contributed by atoms with Gasteiger partial charge in [-0.05, 0) is 31.3 Å². The van der Waals surface area contributed by atoms with E-state index >= 15 is 0 Å². The third-order valence-electron chi connectivity index (χ3n) is 3.29. The highest BCUT2D eigenvalue weighted by Gasteiger charge is 2.13. The fourth-order valence-electron chi connectivity index (χ4n) is 2.25. The maximum atomic E-state index is 13.8. The van der Waals surface area contributed by atoms with E-state index in [4.69, 9.17) is 16.0 Å². The summed E-state index contributed by atoms with van der Waals surface area (Å²) in [7, 11) is 1.80. The number of fused-ring (bicyclic) bond motifs is 1. The van der Waals surface area contributed by atoms with Crippen LogP contribution in [0, 0.1) is 11.6 Å². The van der Waals surface area contributed by atoms with Crippen LogP contribution < -0.4 is 0 Å². The molecule has 114 valence electrons. The molecule has 0 aliphatic heterocycles. The van der Waals surface area contributed by atoms with Gasteiger partial charge in [0, 0.05) is 23.2 Å². The zero-order chi connectivity index (χ0) is 15.7. The standard InChI is InChI=1S/C16H13ClF2N2O/c1-21(8-11-12(17)3-2-4-13(11)19)9-16-20-14-6-5-10(18)7-15(14)22-16/h2-7H,8-9H2,1H3. The first-order valence-corrected chi connectivity index (χ1v) is 7.07. The van der Waals surface area contributed by atoms with Gasteiger partial charge in [-0.1, -0.05) is 17.7 Å². The van der Waals surface area contributed by atoms with Gasteiger partial charge in [0.2, 0.25) is 5.89 Å². The van der Waals surface area contributed by atoms with Gasteiger partial charge in [-0.25, -0.2) is 13.8 Å². The Morgan fingerprint density at radius 2 is 2.00 bits per heavy atom. The van der Waals surface area contributed by atoms with E-state index in [-0.39, 0.29) is 11.6 Å². The SMILES string of the molecule is CN(Cc1nc2ccc(F)cc2o1)Cc1c(F)cccc1Cl. The molecule has 0 unspecified atom stereocenters. The summed E-state index contributed by atoms with van der Waals surface area (Å²) in [5.41, 5.74) is 1.41. The monoisotopic (exact) mass is 322 g/mol. The molecule has 0 atom stereocenters. The molecule has 0 fully saturated rings. The van der Waals surface area contributed by atoms with Crippen LogP contribution in [0.1, 0.15) is 11.5 Å². The van der Waals surface area contributed by atoms with Crippen LogP contribution in [0.25, 0.3) is 11.1 Å². The van der Waals surface area contributed by atoms with Gasteiger partial charge in [0.1, 0.15) is 17.2 Å². The Bertz CT molecular complexity index is 799. The minimum Gasteiger partial charge on any atom is -0.439 e. The van der Waals surface area contributed by atoms with Gasteiger partial charge in [-0.2, -0.15) is 0 Å². The van der Waals surface area contributed by atoms with E-state index in [0.717, 1.165) is 0 Å². The average molecular weight is 323 g/mol. The second-order valence-corrected chi connectivity index (χ2v) is 5.50. The Hall–Kier alpha value is -1.98. The normalized spacial score (nSPS) is 11.5. The Morgan fingerprint density at radius 3 is 2.77 bits per heavy atom. The molecule has 3 rings (SSSR count). The third kappa shape index (κ3) is 3.10.